The lowest BCUT2D eigenvalue weighted by atomic mass is 10.1. The summed E-state index contributed by atoms with van der Waals surface area (Å²) in [6, 6.07) is 13.0. The number of methoxy groups -OCH3 is 1. The first kappa shape index (κ1) is 16.6. The summed E-state index contributed by atoms with van der Waals surface area (Å²) in [5.74, 6) is -0.502. The summed E-state index contributed by atoms with van der Waals surface area (Å²) in [6.07, 6.45) is 5.34. The molecule has 0 atom stereocenters. The second kappa shape index (κ2) is 7.53. The van der Waals surface area contributed by atoms with Gasteiger partial charge in [-0.25, -0.2) is 9.78 Å². The fourth-order valence-electron chi connectivity index (χ4n) is 2.45. The normalized spacial score (nSPS) is 10.4. The van der Waals surface area contributed by atoms with Crippen molar-refractivity contribution in [3.63, 3.8) is 0 Å². The van der Waals surface area contributed by atoms with Crippen LogP contribution in [0.5, 0.6) is 0 Å². The zero-order valence-electron chi connectivity index (χ0n) is 13.8. The topological polar surface area (TPSA) is 74.1 Å². The molecule has 3 rings (SSSR count). The van der Waals surface area contributed by atoms with Crippen molar-refractivity contribution >= 4 is 5.97 Å². The molecule has 0 fully saturated rings. The van der Waals surface area contributed by atoms with Crippen molar-refractivity contribution in [2.24, 2.45) is 0 Å². The second-order valence-electron chi connectivity index (χ2n) is 5.55. The highest BCUT2D eigenvalue weighted by Crippen LogP contribution is 2.10. The predicted octanol–water partition coefficient (Wildman–Crippen LogP) is 2.06. The van der Waals surface area contributed by atoms with Crippen LogP contribution in [0.2, 0.25) is 0 Å². The quantitative estimate of drug-likeness (QED) is 0.667. The number of pyridine rings is 1. The lowest BCUT2D eigenvalue weighted by Gasteiger charge is -2.07. The number of nitrogens with zero attached hydrogens (tertiary/aromatic N) is 3. The third-order valence-electron chi connectivity index (χ3n) is 3.74. The standard InChI is InChI=1S/C19H17N3O3/c1-25-19(24)17-12-20-11-16(21-17)10-14-5-7-15(8-6-14)13-22-9-3-2-4-18(22)23/h2-9,11-12H,10,13H2,1H3. The van der Waals surface area contributed by atoms with Crippen LogP contribution in [0.4, 0.5) is 0 Å². The molecule has 0 spiro atoms. The highest BCUT2D eigenvalue weighted by Gasteiger charge is 2.09. The Kier molecular flexibility index (Phi) is 4.99. The lowest BCUT2D eigenvalue weighted by molar-refractivity contribution is 0.0593. The van der Waals surface area contributed by atoms with Gasteiger partial charge in [-0.2, -0.15) is 0 Å². The molecule has 0 amide bonds. The van der Waals surface area contributed by atoms with Crippen molar-refractivity contribution < 1.29 is 9.53 Å². The number of hydrogen-bond donors (Lipinski definition) is 0. The maximum Gasteiger partial charge on any atom is 0.358 e. The van der Waals surface area contributed by atoms with Crippen LogP contribution in [0.3, 0.4) is 0 Å². The van der Waals surface area contributed by atoms with Crippen LogP contribution in [0.1, 0.15) is 27.3 Å². The first-order valence-electron chi connectivity index (χ1n) is 7.78. The van der Waals surface area contributed by atoms with E-state index in [1.807, 2.05) is 30.3 Å². The molecule has 6 heteroatoms. The molecule has 2 heterocycles. The van der Waals surface area contributed by atoms with Crippen molar-refractivity contribution in [3.05, 3.63) is 93.9 Å². The molecule has 3 aromatic rings. The number of benzene rings is 1. The largest absolute Gasteiger partial charge is 0.464 e. The molecule has 0 unspecified atom stereocenters. The van der Waals surface area contributed by atoms with Gasteiger partial charge < -0.3 is 9.30 Å². The zero-order valence-corrected chi connectivity index (χ0v) is 13.8. The van der Waals surface area contributed by atoms with E-state index < -0.39 is 5.97 Å². The molecular formula is C19H17N3O3. The van der Waals surface area contributed by atoms with Crippen LogP contribution >= 0.6 is 0 Å². The van der Waals surface area contributed by atoms with Gasteiger partial charge in [-0.1, -0.05) is 30.3 Å². The average Bonchev–Trinajstić information content (AvgIpc) is 2.65. The van der Waals surface area contributed by atoms with Crippen molar-refractivity contribution in [3.8, 4) is 0 Å². The molecule has 0 aliphatic carbocycles. The van der Waals surface area contributed by atoms with Gasteiger partial charge in [0, 0.05) is 24.9 Å². The summed E-state index contributed by atoms with van der Waals surface area (Å²) < 4.78 is 6.31. The molecule has 0 saturated carbocycles. The van der Waals surface area contributed by atoms with E-state index in [0.29, 0.717) is 18.7 Å². The summed E-state index contributed by atoms with van der Waals surface area (Å²) in [5, 5.41) is 0. The van der Waals surface area contributed by atoms with Crippen LogP contribution in [0, 0.1) is 0 Å². The Morgan fingerprint density at radius 3 is 2.56 bits per heavy atom. The Balaban J connectivity index is 1.72. The Morgan fingerprint density at radius 1 is 1.08 bits per heavy atom. The summed E-state index contributed by atoms with van der Waals surface area (Å²) in [5.41, 5.74) is 2.93. The molecular weight excluding hydrogens is 318 g/mol. The molecule has 126 valence electrons. The van der Waals surface area contributed by atoms with Crippen molar-refractivity contribution in [2.45, 2.75) is 13.0 Å². The van der Waals surface area contributed by atoms with Gasteiger partial charge >= 0.3 is 5.97 Å². The van der Waals surface area contributed by atoms with Crippen LogP contribution in [-0.4, -0.2) is 27.6 Å². The Bertz CT molecular complexity index is 933. The minimum Gasteiger partial charge on any atom is -0.464 e. The van der Waals surface area contributed by atoms with Gasteiger partial charge in [-0.05, 0) is 17.2 Å². The van der Waals surface area contributed by atoms with Gasteiger partial charge in [0.25, 0.3) is 5.56 Å². The molecule has 0 bridgehead atoms. The van der Waals surface area contributed by atoms with Gasteiger partial charge in [-0.15, -0.1) is 0 Å². The third-order valence-corrected chi connectivity index (χ3v) is 3.74. The van der Waals surface area contributed by atoms with E-state index in [2.05, 4.69) is 14.7 Å². The van der Waals surface area contributed by atoms with Crippen molar-refractivity contribution in [1.29, 1.82) is 0 Å². The fourth-order valence-corrected chi connectivity index (χ4v) is 2.45. The van der Waals surface area contributed by atoms with Gasteiger partial charge in [0.05, 0.1) is 25.5 Å². The second-order valence-corrected chi connectivity index (χ2v) is 5.55. The molecule has 2 aromatic heterocycles. The molecule has 0 radical (unpaired) electrons. The first-order chi connectivity index (χ1) is 12.2. The Labute approximate surface area is 144 Å². The van der Waals surface area contributed by atoms with Crippen molar-refractivity contribution in [2.75, 3.05) is 7.11 Å². The van der Waals surface area contributed by atoms with Gasteiger partial charge in [-0.3, -0.25) is 9.78 Å². The maximum atomic E-state index is 11.8. The maximum absolute atomic E-state index is 11.8. The number of hydrogen-bond acceptors (Lipinski definition) is 5. The van der Waals surface area contributed by atoms with Gasteiger partial charge in [0.15, 0.2) is 5.69 Å². The highest BCUT2D eigenvalue weighted by atomic mass is 16.5. The first-order valence-corrected chi connectivity index (χ1v) is 7.78. The summed E-state index contributed by atoms with van der Waals surface area (Å²) in [4.78, 5) is 31.6. The molecule has 0 aliphatic rings. The van der Waals surface area contributed by atoms with E-state index in [0.717, 1.165) is 11.1 Å². The van der Waals surface area contributed by atoms with Crippen LogP contribution in [0.15, 0.2) is 65.8 Å². The number of rotatable bonds is 5. The van der Waals surface area contributed by atoms with Crippen LogP contribution < -0.4 is 5.56 Å². The minimum absolute atomic E-state index is 0.0264. The van der Waals surface area contributed by atoms with E-state index in [4.69, 9.17) is 0 Å². The van der Waals surface area contributed by atoms with E-state index >= 15 is 0 Å². The summed E-state index contributed by atoms with van der Waals surface area (Å²) >= 11 is 0. The number of carbonyl (C=O) groups is 1. The van der Waals surface area contributed by atoms with Crippen molar-refractivity contribution in [1.82, 2.24) is 14.5 Å². The van der Waals surface area contributed by atoms with E-state index in [-0.39, 0.29) is 11.3 Å². The van der Waals surface area contributed by atoms with E-state index in [1.165, 1.54) is 13.3 Å². The fraction of sp³-hybridized carbons (Fsp3) is 0.158. The van der Waals surface area contributed by atoms with Gasteiger partial charge in [0.2, 0.25) is 0 Å². The van der Waals surface area contributed by atoms with Crippen LogP contribution in [0.25, 0.3) is 0 Å². The lowest BCUT2D eigenvalue weighted by Crippen LogP contribution is -2.18. The molecule has 0 aliphatic heterocycles. The molecule has 6 nitrogen and oxygen atoms in total. The molecule has 1 aromatic carbocycles. The average molecular weight is 335 g/mol. The summed E-state index contributed by atoms with van der Waals surface area (Å²) in [6.45, 7) is 0.525. The highest BCUT2D eigenvalue weighted by molar-refractivity contribution is 5.86. The number of esters is 1. The molecule has 25 heavy (non-hydrogen) atoms. The molecule has 0 N–H and O–H groups in total. The van der Waals surface area contributed by atoms with E-state index in [9.17, 15) is 9.59 Å². The van der Waals surface area contributed by atoms with Gasteiger partial charge in [0.1, 0.15) is 0 Å². The molecule has 0 saturated heterocycles. The van der Waals surface area contributed by atoms with E-state index in [1.54, 1.807) is 29.1 Å². The number of ether oxygens (including phenoxy) is 1. The number of aromatic nitrogens is 3. The monoisotopic (exact) mass is 335 g/mol. The Morgan fingerprint density at radius 2 is 1.84 bits per heavy atom. The zero-order chi connectivity index (χ0) is 17.6. The Hall–Kier alpha value is -3.28. The van der Waals surface area contributed by atoms with Crippen LogP contribution in [-0.2, 0) is 17.7 Å². The minimum atomic E-state index is -0.502. The SMILES string of the molecule is COC(=O)c1cncc(Cc2ccc(Cn3ccccc3=O)cc2)n1. The predicted molar refractivity (Wildman–Crippen MR) is 92.4 cm³/mol. The number of carbonyl (C=O) groups excluding carboxylic acids is 1. The summed E-state index contributed by atoms with van der Waals surface area (Å²) in [7, 11) is 1.31. The smallest absolute Gasteiger partial charge is 0.358 e. The third kappa shape index (κ3) is 4.17.